The van der Waals surface area contributed by atoms with Crippen molar-refractivity contribution in [3.05, 3.63) is 23.8 Å². The Labute approximate surface area is 205 Å². The molecule has 3 rings (SSSR count). The van der Waals surface area contributed by atoms with Crippen LogP contribution in [0.5, 0.6) is 0 Å². The molecule has 2 fully saturated rings. The molecule has 0 spiro atoms. The van der Waals surface area contributed by atoms with Crippen molar-refractivity contribution in [1.29, 1.82) is 0 Å². The number of aliphatic hydroxyl groups is 1. The van der Waals surface area contributed by atoms with E-state index in [0.29, 0.717) is 6.42 Å². The van der Waals surface area contributed by atoms with Crippen LogP contribution in [0.25, 0.3) is 0 Å². The summed E-state index contributed by atoms with van der Waals surface area (Å²) in [6.45, 7) is 13.9. The molecule has 0 aromatic heterocycles. The van der Waals surface area contributed by atoms with Crippen LogP contribution in [0, 0.1) is 34.5 Å². The van der Waals surface area contributed by atoms with Gasteiger partial charge < -0.3 is 14.6 Å². The van der Waals surface area contributed by atoms with E-state index >= 15 is 0 Å². The molecule has 3 aliphatic rings. The molecule has 6 nitrogen and oxygen atoms in total. The number of Topliss-reactive ketones (excluding diaryl/α,β-unsaturated/α-hetero) is 1. The van der Waals surface area contributed by atoms with E-state index in [2.05, 4.69) is 20.8 Å². The van der Waals surface area contributed by atoms with E-state index < -0.39 is 17.7 Å². The molecule has 3 aliphatic carbocycles. The molecular formula is C28H44O6. The molecule has 34 heavy (non-hydrogen) atoms. The lowest BCUT2D eigenvalue weighted by Gasteiger charge is -2.60. The Morgan fingerprint density at radius 1 is 1.21 bits per heavy atom. The zero-order chi connectivity index (χ0) is 25.7. The largest absolute Gasteiger partial charge is 0.508 e. The number of rotatable bonds is 7. The summed E-state index contributed by atoms with van der Waals surface area (Å²) >= 11 is 0. The van der Waals surface area contributed by atoms with E-state index in [4.69, 9.17) is 9.47 Å². The third kappa shape index (κ3) is 5.32. The van der Waals surface area contributed by atoms with E-state index in [1.54, 1.807) is 19.1 Å². The molecule has 1 N–H and O–H groups in total. The van der Waals surface area contributed by atoms with Crippen LogP contribution in [0.2, 0.25) is 0 Å². The molecule has 0 bridgehead atoms. The second kappa shape index (κ2) is 11.7. The van der Waals surface area contributed by atoms with Crippen LogP contribution in [-0.4, -0.2) is 42.1 Å². The molecule has 7 atom stereocenters. The molecular weight excluding hydrogens is 432 g/mol. The van der Waals surface area contributed by atoms with Crippen molar-refractivity contribution >= 4 is 17.7 Å². The third-order valence-electron chi connectivity index (χ3n) is 8.60. The Kier molecular flexibility index (Phi) is 9.70. The maximum Gasteiger partial charge on any atom is 0.508 e. The SMILES string of the molecule is CC.CCCC1C2CCC3=CC(=O)C=C[C@]3(C)C2[C@H](O)C[C@]1(C)C(C)C(=O)COC(=O)OCC. The monoisotopic (exact) mass is 476 g/mol. The number of ether oxygens (including phenoxy) is 2. The van der Waals surface area contributed by atoms with Gasteiger partial charge in [-0.25, -0.2) is 4.79 Å². The molecule has 0 aromatic carbocycles. The van der Waals surface area contributed by atoms with Gasteiger partial charge in [0.2, 0.25) is 0 Å². The molecule has 0 aromatic rings. The Balaban J connectivity index is 0.00000199. The fraction of sp³-hybridized carbons (Fsp3) is 0.750. The molecule has 2 saturated carbocycles. The highest BCUT2D eigenvalue weighted by Gasteiger charge is 2.59. The Hall–Kier alpha value is -1.95. The average molecular weight is 477 g/mol. The van der Waals surface area contributed by atoms with Gasteiger partial charge in [-0.05, 0) is 62.0 Å². The molecule has 0 amide bonds. The van der Waals surface area contributed by atoms with E-state index in [9.17, 15) is 19.5 Å². The van der Waals surface area contributed by atoms with Crippen molar-refractivity contribution < 1.29 is 29.0 Å². The van der Waals surface area contributed by atoms with E-state index in [-0.39, 0.29) is 53.9 Å². The normalized spacial score (nSPS) is 35.1. The first-order valence-electron chi connectivity index (χ1n) is 13.0. The van der Waals surface area contributed by atoms with Crippen LogP contribution in [0.4, 0.5) is 4.79 Å². The summed E-state index contributed by atoms with van der Waals surface area (Å²) in [5.74, 6) is 0.0543. The molecule has 0 saturated heterocycles. The summed E-state index contributed by atoms with van der Waals surface area (Å²) in [4.78, 5) is 36.6. The molecule has 0 heterocycles. The van der Waals surface area contributed by atoms with Gasteiger partial charge in [-0.15, -0.1) is 0 Å². The van der Waals surface area contributed by atoms with Gasteiger partial charge >= 0.3 is 6.16 Å². The maximum atomic E-state index is 13.0. The van der Waals surface area contributed by atoms with Crippen molar-refractivity contribution in [3.63, 3.8) is 0 Å². The zero-order valence-corrected chi connectivity index (χ0v) is 22.1. The highest BCUT2D eigenvalue weighted by Crippen LogP contribution is 2.63. The lowest BCUT2D eigenvalue weighted by atomic mass is 9.44. The quantitative estimate of drug-likeness (QED) is 0.476. The van der Waals surface area contributed by atoms with Gasteiger partial charge in [-0.1, -0.05) is 59.6 Å². The van der Waals surface area contributed by atoms with E-state index in [0.717, 1.165) is 31.3 Å². The number of hydrogen-bond acceptors (Lipinski definition) is 6. The minimum absolute atomic E-state index is 0.0227. The molecule has 4 unspecified atom stereocenters. The average Bonchev–Trinajstić information content (AvgIpc) is 2.81. The predicted octanol–water partition coefficient (Wildman–Crippen LogP) is 5.68. The Bertz CT molecular complexity index is 814. The minimum atomic E-state index is -0.829. The van der Waals surface area contributed by atoms with Crippen molar-refractivity contribution in [1.82, 2.24) is 0 Å². The number of carbonyl (C=O) groups is 3. The summed E-state index contributed by atoms with van der Waals surface area (Å²) in [5, 5.41) is 11.5. The minimum Gasteiger partial charge on any atom is -0.435 e. The summed E-state index contributed by atoms with van der Waals surface area (Å²) in [6, 6.07) is 0. The summed E-state index contributed by atoms with van der Waals surface area (Å²) in [5.41, 5.74) is 0.387. The Morgan fingerprint density at radius 2 is 1.88 bits per heavy atom. The zero-order valence-electron chi connectivity index (χ0n) is 22.1. The van der Waals surface area contributed by atoms with Crippen LogP contribution in [0.1, 0.15) is 80.6 Å². The standard InChI is InChI=1S/C26H38O6.C2H6/c1-6-8-20-19-10-9-17-13-18(27)11-12-25(17,4)23(19)21(28)14-26(20,5)16(3)22(29)15-32-24(30)31-7-2;1-2/h11-13,16,19-21,23,28H,6-10,14-15H2,1-5H3;1-2H3/t16?,19?,20?,21-,23?,25+,26-;/m1./s1. The smallest absolute Gasteiger partial charge is 0.435 e. The van der Waals surface area contributed by atoms with Crippen molar-refractivity contribution in [2.45, 2.75) is 86.7 Å². The number of aliphatic hydroxyl groups excluding tert-OH is 1. The molecule has 192 valence electrons. The van der Waals surface area contributed by atoms with Crippen molar-refractivity contribution in [2.75, 3.05) is 13.2 Å². The topological polar surface area (TPSA) is 89.9 Å². The third-order valence-corrected chi connectivity index (χ3v) is 8.60. The van der Waals surface area contributed by atoms with E-state index in [1.807, 2.05) is 26.8 Å². The van der Waals surface area contributed by atoms with Gasteiger partial charge in [0, 0.05) is 17.3 Å². The maximum absolute atomic E-state index is 13.0. The first kappa shape index (κ1) is 28.3. The van der Waals surface area contributed by atoms with Gasteiger partial charge in [0.05, 0.1) is 12.7 Å². The summed E-state index contributed by atoms with van der Waals surface area (Å²) in [7, 11) is 0. The second-order valence-electron chi connectivity index (χ2n) is 10.2. The van der Waals surface area contributed by atoms with Crippen LogP contribution < -0.4 is 0 Å². The fourth-order valence-electron chi connectivity index (χ4n) is 6.84. The predicted molar refractivity (Wildman–Crippen MR) is 132 cm³/mol. The van der Waals surface area contributed by atoms with Gasteiger partial charge in [-0.2, -0.15) is 0 Å². The van der Waals surface area contributed by atoms with Crippen LogP contribution in [0.15, 0.2) is 23.8 Å². The number of allylic oxidation sites excluding steroid dienone is 4. The van der Waals surface area contributed by atoms with Crippen molar-refractivity contribution in [2.24, 2.45) is 34.5 Å². The number of ketones is 2. The van der Waals surface area contributed by atoms with Gasteiger partial charge in [0.25, 0.3) is 0 Å². The molecule has 0 radical (unpaired) electrons. The molecule has 0 aliphatic heterocycles. The summed E-state index contributed by atoms with van der Waals surface area (Å²) < 4.78 is 9.77. The molecule has 6 heteroatoms. The van der Waals surface area contributed by atoms with E-state index in [1.165, 1.54) is 0 Å². The number of hydrogen-bond donors (Lipinski definition) is 1. The van der Waals surface area contributed by atoms with Crippen LogP contribution in [-0.2, 0) is 19.1 Å². The first-order chi connectivity index (χ1) is 16.1. The Morgan fingerprint density at radius 3 is 2.50 bits per heavy atom. The van der Waals surface area contributed by atoms with Gasteiger partial charge in [0.1, 0.15) is 0 Å². The van der Waals surface area contributed by atoms with Crippen molar-refractivity contribution in [3.8, 4) is 0 Å². The number of carbonyl (C=O) groups excluding carboxylic acids is 3. The highest BCUT2D eigenvalue weighted by molar-refractivity contribution is 6.01. The fourth-order valence-corrected chi connectivity index (χ4v) is 6.84. The second-order valence-corrected chi connectivity index (χ2v) is 10.2. The van der Waals surface area contributed by atoms with Crippen LogP contribution >= 0.6 is 0 Å². The number of fused-ring (bicyclic) bond motifs is 3. The van der Waals surface area contributed by atoms with Gasteiger partial charge in [0.15, 0.2) is 18.2 Å². The lowest BCUT2D eigenvalue weighted by molar-refractivity contribution is -0.152. The summed E-state index contributed by atoms with van der Waals surface area (Å²) in [6.07, 6.45) is 8.21. The first-order valence-corrected chi connectivity index (χ1v) is 13.0. The van der Waals surface area contributed by atoms with Gasteiger partial charge in [-0.3, -0.25) is 9.59 Å². The highest BCUT2D eigenvalue weighted by atomic mass is 16.7. The lowest BCUT2D eigenvalue weighted by Crippen LogP contribution is -2.58. The van der Waals surface area contributed by atoms with Crippen LogP contribution in [0.3, 0.4) is 0 Å².